The van der Waals surface area contributed by atoms with Crippen LogP contribution in [-0.2, 0) is 9.16 Å². The first-order chi connectivity index (χ1) is 12.8. The summed E-state index contributed by atoms with van der Waals surface area (Å²) in [5.41, 5.74) is 0.648. The van der Waals surface area contributed by atoms with E-state index >= 15 is 0 Å². The van der Waals surface area contributed by atoms with E-state index < -0.39 is 19.2 Å². The SMILES string of the molecule is C[Si](C)(C)O/C(=C\N=Cc1ccccc1[N+](=O)[O-])OC(=O)c1ccccc1. The molecule has 0 saturated carbocycles. The van der Waals surface area contributed by atoms with Crippen molar-refractivity contribution in [1.82, 2.24) is 0 Å². The van der Waals surface area contributed by atoms with Gasteiger partial charge in [-0.25, -0.2) is 4.79 Å². The van der Waals surface area contributed by atoms with Crippen LogP contribution < -0.4 is 0 Å². The number of hydrogen-bond donors (Lipinski definition) is 0. The van der Waals surface area contributed by atoms with E-state index in [1.54, 1.807) is 48.5 Å². The van der Waals surface area contributed by atoms with Gasteiger partial charge in [0.05, 0.1) is 16.1 Å². The standard InChI is InChI=1S/C19H20N2O5Si/c1-27(2,3)26-18(25-19(22)15-9-5-4-6-10-15)14-20-13-16-11-7-8-12-17(16)21(23)24/h4-14H,1-3H3/b18-14-,20-13?. The van der Waals surface area contributed by atoms with Crippen LogP contribution in [0.3, 0.4) is 0 Å². The van der Waals surface area contributed by atoms with Crippen molar-refractivity contribution in [3.63, 3.8) is 0 Å². The average Bonchev–Trinajstić information content (AvgIpc) is 2.61. The Balaban J connectivity index is 2.23. The van der Waals surface area contributed by atoms with E-state index in [-0.39, 0.29) is 11.6 Å². The topological polar surface area (TPSA) is 91.0 Å². The van der Waals surface area contributed by atoms with E-state index in [4.69, 9.17) is 9.16 Å². The molecule has 0 aromatic heterocycles. The quantitative estimate of drug-likeness (QED) is 0.175. The van der Waals surface area contributed by atoms with E-state index in [1.807, 2.05) is 19.6 Å². The Bertz CT molecular complexity index is 873. The number of ether oxygens (including phenoxy) is 1. The lowest BCUT2D eigenvalue weighted by Gasteiger charge is -2.20. The number of para-hydroxylation sites is 1. The zero-order chi connectivity index (χ0) is 19.9. The summed E-state index contributed by atoms with van der Waals surface area (Å²) in [4.78, 5) is 26.9. The van der Waals surface area contributed by atoms with Gasteiger partial charge in [0.2, 0.25) is 8.32 Å². The Morgan fingerprint density at radius 3 is 2.33 bits per heavy atom. The summed E-state index contributed by atoms with van der Waals surface area (Å²) in [7, 11) is -2.07. The van der Waals surface area contributed by atoms with Crippen LogP contribution in [0.25, 0.3) is 0 Å². The molecule has 0 aliphatic carbocycles. The maximum Gasteiger partial charge on any atom is 0.345 e. The number of carbonyl (C=O) groups is 1. The number of hydrogen-bond acceptors (Lipinski definition) is 6. The van der Waals surface area contributed by atoms with Crippen LogP contribution in [0.5, 0.6) is 0 Å². The summed E-state index contributed by atoms with van der Waals surface area (Å²) in [6.45, 7) is 5.80. The molecule has 0 N–H and O–H groups in total. The molecule has 7 nitrogen and oxygen atoms in total. The van der Waals surface area contributed by atoms with E-state index in [1.165, 1.54) is 18.5 Å². The second-order valence-electron chi connectivity index (χ2n) is 6.51. The molecule has 27 heavy (non-hydrogen) atoms. The number of aliphatic imine (C=N–C) groups is 1. The summed E-state index contributed by atoms with van der Waals surface area (Å²) >= 11 is 0. The van der Waals surface area contributed by atoms with Crippen molar-refractivity contribution in [2.24, 2.45) is 4.99 Å². The fourth-order valence-electron chi connectivity index (χ4n) is 2.04. The van der Waals surface area contributed by atoms with Crippen molar-refractivity contribution >= 4 is 26.2 Å². The first kappa shape index (κ1) is 20.1. The van der Waals surface area contributed by atoms with E-state index in [0.717, 1.165) is 0 Å². The van der Waals surface area contributed by atoms with Crippen molar-refractivity contribution in [3.8, 4) is 0 Å². The minimum absolute atomic E-state index is 0.0437. The predicted molar refractivity (Wildman–Crippen MR) is 105 cm³/mol. The number of carbonyl (C=O) groups excluding carboxylic acids is 1. The summed E-state index contributed by atoms with van der Waals surface area (Å²) in [6, 6.07) is 14.7. The first-order valence-electron chi connectivity index (χ1n) is 8.19. The molecule has 0 unspecified atom stereocenters. The van der Waals surface area contributed by atoms with Gasteiger partial charge >= 0.3 is 5.97 Å². The van der Waals surface area contributed by atoms with Crippen LogP contribution in [0.1, 0.15) is 15.9 Å². The van der Waals surface area contributed by atoms with Gasteiger partial charge < -0.3 is 9.16 Å². The molecule has 0 saturated heterocycles. The highest BCUT2D eigenvalue weighted by molar-refractivity contribution is 6.70. The van der Waals surface area contributed by atoms with Gasteiger partial charge in [0.1, 0.15) is 6.20 Å². The highest BCUT2D eigenvalue weighted by Crippen LogP contribution is 2.17. The highest BCUT2D eigenvalue weighted by Gasteiger charge is 2.21. The van der Waals surface area contributed by atoms with Crippen molar-refractivity contribution in [2.75, 3.05) is 0 Å². The number of benzene rings is 2. The molecule has 2 rings (SSSR count). The normalized spacial score (nSPS) is 12.0. The van der Waals surface area contributed by atoms with Crippen LogP contribution in [0.4, 0.5) is 5.69 Å². The number of nitro benzene ring substituents is 1. The number of esters is 1. The number of nitro groups is 1. The lowest BCUT2D eigenvalue weighted by Crippen LogP contribution is -2.26. The van der Waals surface area contributed by atoms with E-state index in [0.29, 0.717) is 11.1 Å². The van der Waals surface area contributed by atoms with Crippen LogP contribution >= 0.6 is 0 Å². The van der Waals surface area contributed by atoms with Crippen molar-refractivity contribution in [1.29, 1.82) is 0 Å². The van der Waals surface area contributed by atoms with Crippen molar-refractivity contribution in [3.05, 3.63) is 88.0 Å². The fraction of sp³-hybridized carbons (Fsp3) is 0.158. The van der Waals surface area contributed by atoms with Gasteiger partial charge in [0.25, 0.3) is 11.6 Å². The van der Waals surface area contributed by atoms with Crippen molar-refractivity contribution in [2.45, 2.75) is 19.6 Å². The van der Waals surface area contributed by atoms with Gasteiger partial charge in [-0.2, -0.15) is 0 Å². The van der Waals surface area contributed by atoms with Crippen LogP contribution in [0.2, 0.25) is 19.6 Å². The molecule has 0 fully saturated rings. The monoisotopic (exact) mass is 384 g/mol. The Hall–Kier alpha value is -3.26. The van der Waals surface area contributed by atoms with Crippen LogP contribution in [-0.4, -0.2) is 25.4 Å². The minimum atomic E-state index is -2.07. The van der Waals surface area contributed by atoms with Gasteiger partial charge in [0, 0.05) is 12.3 Å². The summed E-state index contributed by atoms with van der Waals surface area (Å²) in [5.74, 6) is -0.612. The maximum atomic E-state index is 12.2. The second-order valence-corrected chi connectivity index (χ2v) is 10.9. The van der Waals surface area contributed by atoms with Gasteiger partial charge in [-0.15, -0.1) is 0 Å². The lowest BCUT2D eigenvalue weighted by atomic mass is 10.2. The minimum Gasteiger partial charge on any atom is -0.518 e. The molecule has 2 aromatic rings. The molecule has 2 aromatic carbocycles. The molecule has 0 aliphatic heterocycles. The van der Waals surface area contributed by atoms with Gasteiger partial charge in [-0.1, -0.05) is 30.3 Å². The molecule has 0 amide bonds. The maximum absolute atomic E-state index is 12.2. The molecule has 0 atom stereocenters. The predicted octanol–water partition coefficient (Wildman–Crippen LogP) is 4.52. The lowest BCUT2D eigenvalue weighted by molar-refractivity contribution is -0.385. The molecule has 0 radical (unpaired) electrons. The zero-order valence-electron chi connectivity index (χ0n) is 15.3. The summed E-state index contributed by atoms with van der Waals surface area (Å²) in [5, 5.41) is 11.0. The van der Waals surface area contributed by atoms with E-state index in [2.05, 4.69) is 4.99 Å². The van der Waals surface area contributed by atoms with Crippen LogP contribution in [0.15, 0.2) is 71.7 Å². The molecule has 140 valence electrons. The Kier molecular flexibility index (Phi) is 6.61. The molecule has 0 spiro atoms. The number of nitrogens with zero attached hydrogens (tertiary/aromatic N) is 2. The second kappa shape index (κ2) is 8.90. The van der Waals surface area contributed by atoms with Gasteiger partial charge in [0.15, 0.2) is 0 Å². The summed E-state index contributed by atoms with van der Waals surface area (Å²) < 4.78 is 11.1. The van der Waals surface area contributed by atoms with E-state index in [9.17, 15) is 14.9 Å². The Morgan fingerprint density at radius 2 is 1.70 bits per heavy atom. The Labute approximate surface area is 158 Å². The average molecular weight is 384 g/mol. The highest BCUT2D eigenvalue weighted by atomic mass is 28.4. The number of rotatable bonds is 7. The van der Waals surface area contributed by atoms with Crippen LogP contribution in [0, 0.1) is 10.1 Å². The van der Waals surface area contributed by atoms with Gasteiger partial charge in [-0.05, 0) is 37.8 Å². The third-order valence-corrected chi connectivity index (χ3v) is 3.95. The molecule has 0 bridgehead atoms. The van der Waals surface area contributed by atoms with Gasteiger partial charge in [-0.3, -0.25) is 15.1 Å². The zero-order valence-corrected chi connectivity index (χ0v) is 16.3. The molecule has 0 heterocycles. The van der Waals surface area contributed by atoms with Crippen molar-refractivity contribution < 1.29 is 18.9 Å². The smallest absolute Gasteiger partial charge is 0.345 e. The third-order valence-electron chi connectivity index (χ3n) is 3.14. The summed E-state index contributed by atoms with van der Waals surface area (Å²) in [6.07, 6.45) is 2.57. The largest absolute Gasteiger partial charge is 0.518 e. The molecular weight excluding hydrogens is 364 g/mol. The molecule has 8 heteroatoms. The fourth-order valence-corrected chi connectivity index (χ4v) is 2.74. The molecule has 0 aliphatic rings. The Morgan fingerprint density at radius 1 is 1.07 bits per heavy atom. The third kappa shape index (κ3) is 6.52. The molecular formula is C19H20N2O5Si. The first-order valence-corrected chi connectivity index (χ1v) is 11.6.